The Morgan fingerprint density at radius 2 is 1.86 bits per heavy atom. The second kappa shape index (κ2) is 9.24. The molecule has 0 aliphatic heterocycles. The van der Waals surface area contributed by atoms with Gasteiger partial charge in [0.05, 0.1) is 30.3 Å². The van der Waals surface area contributed by atoms with Gasteiger partial charge in [-0.25, -0.2) is 0 Å². The Morgan fingerprint density at radius 1 is 1.14 bits per heavy atom. The average molecular weight is 414 g/mol. The number of alkyl halides is 3. The number of hydrogen-bond acceptors (Lipinski definition) is 6. The van der Waals surface area contributed by atoms with Gasteiger partial charge < -0.3 is 19.5 Å². The van der Waals surface area contributed by atoms with Crippen LogP contribution in [0.2, 0.25) is 0 Å². The van der Waals surface area contributed by atoms with Gasteiger partial charge in [0.25, 0.3) is 11.6 Å². The number of anilines is 1. The monoisotopic (exact) mass is 414 g/mol. The minimum absolute atomic E-state index is 0.0202. The number of carbonyl (C=O) groups is 1. The largest absolute Gasteiger partial charge is 0.493 e. The molecule has 0 unspecified atom stereocenters. The molecule has 0 spiro atoms. The zero-order valence-corrected chi connectivity index (χ0v) is 15.4. The number of nitro groups is 1. The number of rotatable bonds is 8. The standard InChI is InChI=1S/C18H17F3N2O6/c1-27-6-7-29-16-10-14(23(25)26)13(9-15(16)28-2)17(24)22-12-5-3-4-11(8-12)18(19,20)21/h3-5,8-10H,6-7H2,1-2H3,(H,22,24). The van der Waals surface area contributed by atoms with Crippen LogP contribution in [0.15, 0.2) is 36.4 Å². The minimum Gasteiger partial charge on any atom is -0.493 e. The number of methoxy groups -OCH3 is 2. The highest BCUT2D eigenvalue weighted by Crippen LogP contribution is 2.35. The lowest BCUT2D eigenvalue weighted by atomic mass is 10.1. The van der Waals surface area contributed by atoms with E-state index in [1.165, 1.54) is 20.3 Å². The fourth-order valence-electron chi connectivity index (χ4n) is 2.36. The fraction of sp³-hybridized carbons (Fsp3) is 0.278. The van der Waals surface area contributed by atoms with Crippen LogP contribution in [0.5, 0.6) is 11.5 Å². The molecule has 0 aliphatic rings. The molecule has 2 aromatic carbocycles. The number of halogens is 3. The van der Waals surface area contributed by atoms with Crippen molar-refractivity contribution in [3.63, 3.8) is 0 Å². The molecule has 0 radical (unpaired) electrons. The van der Waals surface area contributed by atoms with E-state index in [0.29, 0.717) is 0 Å². The summed E-state index contributed by atoms with van der Waals surface area (Å²) in [5, 5.41) is 13.6. The predicted octanol–water partition coefficient (Wildman–Crippen LogP) is 3.90. The Kier molecular flexibility index (Phi) is 6.99. The highest BCUT2D eigenvalue weighted by atomic mass is 19.4. The van der Waals surface area contributed by atoms with E-state index in [1.54, 1.807) is 0 Å². The van der Waals surface area contributed by atoms with Crippen LogP contribution in [0.1, 0.15) is 15.9 Å². The first kappa shape index (κ1) is 22.0. The molecular weight excluding hydrogens is 397 g/mol. The number of nitrogens with one attached hydrogen (secondary N) is 1. The molecule has 0 atom stereocenters. The third kappa shape index (κ3) is 5.57. The first-order chi connectivity index (χ1) is 13.7. The lowest BCUT2D eigenvalue weighted by molar-refractivity contribution is -0.385. The molecule has 0 fully saturated rings. The van der Waals surface area contributed by atoms with Gasteiger partial charge in [0.2, 0.25) is 0 Å². The van der Waals surface area contributed by atoms with E-state index >= 15 is 0 Å². The quantitative estimate of drug-likeness (QED) is 0.400. The summed E-state index contributed by atoms with van der Waals surface area (Å²) in [5.41, 5.74) is -2.13. The smallest absolute Gasteiger partial charge is 0.416 e. The van der Waals surface area contributed by atoms with Gasteiger partial charge in [0.1, 0.15) is 12.2 Å². The second-order valence-corrected chi connectivity index (χ2v) is 5.65. The summed E-state index contributed by atoms with van der Waals surface area (Å²) < 4.78 is 53.8. The van der Waals surface area contributed by atoms with Crippen molar-refractivity contribution in [3.8, 4) is 11.5 Å². The van der Waals surface area contributed by atoms with E-state index in [4.69, 9.17) is 14.2 Å². The summed E-state index contributed by atoms with van der Waals surface area (Å²) in [5.74, 6) is -0.912. The normalized spacial score (nSPS) is 11.1. The van der Waals surface area contributed by atoms with Crippen LogP contribution < -0.4 is 14.8 Å². The molecule has 1 amide bonds. The Morgan fingerprint density at radius 3 is 2.45 bits per heavy atom. The highest BCUT2D eigenvalue weighted by molar-refractivity contribution is 6.07. The second-order valence-electron chi connectivity index (χ2n) is 5.65. The molecule has 1 N–H and O–H groups in total. The lowest BCUT2D eigenvalue weighted by Crippen LogP contribution is -2.15. The fourth-order valence-corrected chi connectivity index (χ4v) is 2.36. The summed E-state index contributed by atoms with van der Waals surface area (Å²) in [4.78, 5) is 23.1. The molecule has 8 nitrogen and oxygen atoms in total. The number of nitrogens with zero attached hydrogens (tertiary/aromatic N) is 1. The zero-order valence-electron chi connectivity index (χ0n) is 15.4. The first-order valence-corrected chi connectivity index (χ1v) is 8.14. The van der Waals surface area contributed by atoms with Crippen molar-refractivity contribution in [1.29, 1.82) is 0 Å². The van der Waals surface area contributed by atoms with Gasteiger partial charge in [0.15, 0.2) is 11.5 Å². The summed E-state index contributed by atoms with van der Waals surface area (Å²) in [7, 11) is 2.73. The maximum atomic E-state index is 12.8. The Labute approximate surface area is 163 Å². The van der Waals surface area contributed by atoms with Crippen LogP contribution in [0, 0.1) is 10.1 Å². The van der Waals surface area contributed by atoms with Gasteiger partial charge in [0, 0.05) is 18.9 Å². The molecule has 156 valence electrons. The number of ether oxygens (including phenoxy) is 3. The third-order valence-electron chi connectivity index (χ3n) is 3.72. The molecule has 0 aliphatic carbocycles. The van der Waals surface area contributed by atoms with E-state index in [2.05, 4.69) is 5.32 Å². The van der Waals surface area contributed by atoms with Crippen molar-refractivity contribution < 1.29 is 37.1 Å². The molecule has 0 aromatic heterocycles. The molecule has 0 heterocycles. The SMILES string of the molecule is COCCOc1cc([N+](=O)[O-])c(C(=O)Nc2cccc(C(F)(F)F)c2)cc1OC. The van der Waals surface area contributed by atoms with E-state index in [9.17, 15) is 28.1 Å². The van der Waals surface area contributed by atoms with Crippen LogP contribution >= 0.6 is 0 Å². The van der Waals surface area contributed by atoms with Crippen LogP contribution in [0.25, 0.3) is 0 Å². The summed E-state index contributed by atoms with van der Waals surface area (Å²) in [6.45, 7) is 0.300. The van der Waals surface area contributed by atoms with Gasteiger partial charge in [-0.3, -0.25) is 14.9 Å². The molecule has 0 bridgehead atoms. The van der Waals surface area contributed by atoms with Crippen LogP contribution in [0.3, 0.4) is 0 Å². The third-order valence-corrected chi connectivity index (χ3v) is 3.72. The minimum atomic E-state index is -4.60. The van der Waals surface area contributed by atoms with Crippen molar-refractivity contribution in [1.82, 2.24) is 0 Å². The van der Waals surface area contributed by atoms with E-state index < -0.39 is 33.8 Å². The molecule has 2 rings (SSSR count). The summed E-state index contributed by atoms with van der Waals surface area (Å²) in [6.07, 6.45) is -4.60. The zero-order chi connectivity index (χ0) is 21.6. The van der Waals surface area contributed by atoms with Gasteiger partial charge in [-0.05, 0) is 18.2 Å². The molecule has 2 aromatic rings. The molecular formula is C18H17F3N2O6. The molecule has 29 heavy (non-hydrogen) atoms. The summed E-state index contributed by atoms with van der Waals surface area (Å²) in [6, 6.07) is 6.01. The van der Waals surface area contributed by atoms with Crippen molar-refractivity contribution >= 4 is 17.3 Å². The van der Waals surface area contributed by atoms with Gasteiger partial charge >= 0.3 is 6.18 Å². The van der Waals surface area contributed by atoms with Crippen LogP contribution in [-0.2, 0) is 10.9 Å². The van der Waals surface area contributed by atoms with E-state index in [0.717, 1.165) is 30.3 Å². The Bertz CT molecular complexity index is 902. The molecule has 11 heteroatoms. The number of nitro benzene ring substituents is 1. The average Bonchev–Trinajstić information content (AvgIpc) is 2.67. The van der Waals surface area contributed by atoms with Gasteiger partial charge in [-0.2, -0.15) is 13.2 Å². The molecule has 0 saturated carbocycles. The summed E-state index contributed by atoms with van der Waals surface area (Å²) >= 11 is 0. The number of carbonyl (C=O) groups excluding carboxylic acids is 1. The number of amides is 1. The van der Waals surface area contributed by atoms with Crippen molar-refractivity contribution in [2.45, 2.75) is 6.18 Å². The van der Waals surface area contributed by atoms with Crippen molar-refractivity contribution in [2.75, 3.05) is 32.8 Å². The maximum Gasteiger partial charge on any atom is 0.416 e. The first-order valence-electron chi connectivity index (χ1n) is 8.14. The number of hydrogen-bond donors (Lipinski definition) is 1. The predicted molar refractivity (Wildman–Crippen MR) is 96.4 cm³/mol. The van der Waals surface area contributed by atoms with Gasteiger partial charge in [-0.1, -0.05) is 6.07 Å². The number of benzene rings is 2. The van der Waals surface area contributed by atoms with Crippen molar-refractivity contribution in [3.05, 3.63) is 57.6 Å². The van der Waals surface area contributed by atoms with Gasteiger partial charge in [-0.15, -0.1) is 0 Å². The molecule has 0 saturated heterocycles. The van der Waals surface area contributed by atoms with Crippen LogP contribution in [0.4, 0.5) is 24.5 Å². The maximum absolute atomic E-state index is 12.8. The Balaban J connectivity index is 2.37. The topological polar surface area (TPSA) is 99.9 Å². The van der Waals surface area contributed by atoms with E-state index in [-0.39, 0.29) is 30.4 Å². The lowest BCUT2D eigenvalue weighted by Gasteiger charge is -2.13. The Hall–Kier alpha value is -3.34. The van der Waals surface area contributed by atoms with Crippen LogP contribution in [-0.4, -0.2) is 38.3 Å². The van der Waals surface area contributed by atoms with Crippen molar-refractivity contribution in [2.24, 2.45) is 0 Å². The highest BCUT2D eigenvalue weighted by Gasteiger charge is 2.31. The van der Waals surface area contributed by atoms with E-state index in [1.807, 2.05) is 0 Å².